The normalized spacial score (nSPS) is 18.9. The summed E-state index contributed by atoms with van der Waals surface area (Å²) in [5, 5.41) is 10.5. The van der Waals surface area contributed by atoms with Crippen LogP contribution in [0.3, 0.4) is 0 Å². The van der Waals surface area contributed by atoms with E-state index in [2.05, 4.69) is 28.1 Å². The van der Waals surface area contributed by atoms with E-state index in [-0.39, 0.29) is 11.7 Å². The summed E-state index contributed by atoms with van der Waals surface area (Å²) in [6.07, 6.45) is -0.208. The highest BCUT2D eigenvalue weighted by molar-refractivity contribution is 9.10. The molecule has 2 aromatic carbocycles. The van der Waals surface area contributed by atoms with Crippen LogP contribution in [-0.2, 0) is 6.42 Å². The van der Waals surface area contributed by atoms with Crippen LogP contribution in [0, 0.1) is 5.82 Å². The number of hydrogen-bond acceptors (Lipinski definition) is 2. The zero-order valence-corrected chi connectivity index (χ0v) is 13.1. The second-order valence-corrected chi connectivity index (χ2v) is 6.94. The van der Waals surface area contributed by atoms with Crippen LogP contribution in [0.15, 0.2) is 51.8 Å². The molecule has 0 aliphatic carbocycles. The first-order chi connectivity index (χ1) is 9.65. The Bertz CT molecular complexity index is 632. The molecule has 104 valence electrons. The van der Waals surface area contributed by atoms with E-state index in [9.17, 15) is 9.50 Å². The molecule has 1 aliphatic rings. The highest BCUT2D eigenvalue weighted by Gasteiger charge is 2.29. The molecule has 0 fully saturated rings. The van der Waals surface area contributed by atoms with Crippen LogP contribution in [0.25, 0.3) is 0 Å². The average molecular weight is 353 g/mol. The summed E-state index contributed by atoms with van der Waals surface area (Å²) in [6.45, 7) is 0. The van der Waals surface area contributed by atoms with Gasteiger partial charge in [-0.25, -0.2) is 4.39 Å². The highest BCUT2D eigenvalue weighted by atomic mass is 79.9. The summed E-state index contributed by atoms with van der Waals surface area (Å²) in [7, 11) is 0. The minimum atomic E-state index is -0.554. The van der Waals surface area contributed by atoms with Crippen molar-refractivity contribution in [3.63, 3.8) is 0 Å². The zero-order chi connectivity index (χ0) is 14.1. The number of fused-ring (bicyclic) bond motifs is 1. The van der Waals surface area contributed by atoms with Crippen LogP contribution in [-0.4, -0.2) is 17.0 Å². The van der Waals surface area contributed by atoms with Gasteiger partial charge in [-0.05, 0) is 29.3 Å². The third kappa shape index (κ3) is 2.78. The molecule has 1 N–H and O–H groups in total. The van der Waals surface area contributed by atoms with Gasteiger partial charge in [-0.3, -0.25) is 0 Å². The van der Waals surface area contributed by atoms with Crippen molar-refractivity contribution in [2.45, 2.75) is 23.3 Å². The van der Waals surface area contributed by atoms with E-state index in [1.807, 2.05) is 18.2 Å². The molecular formula is C16H14BrFOS. The molecule has 1 heterocycles. The van der Waals surface area contributed by atoms with Gasteiger partial charge < -0.3 is 5.11 Å². The number of aliphatic hydroxyl groups is 1. The van der Waals surface area contributed by atoms with Crippen LogP contribution in [0.2, 0.25) is 0 Å². The number of benzene rings is 2. The maximum atomic E-state index is 13.8. The fourth-order valence-electron chi connectivity index (χ4n) is 2.56. The van der Waals surface area contributed by atoms with Gasteiger partial charge in [-0.15, -0.1) is 11.8 Å². The van der Waals surface area contributed by atoms with E-state index in [1.165, 1.54) is 16.5 Å². The van der Waals surface area contributed by atoms with Crippen LogP contribution in [0.1, 0.15) is 17.0 Å². The second kappa shape index (κ2) is 5.88. The lowest BCUT2D eigenvalue weighted by atomic mass is 9.91. The molecule has 0 aromatic heterocycles. The van der Waals surface area contributed by atoms with Gasteiger partial charge in [0.15, 0.2) is 0 Å². The number of aliphatic hydroxyl groups excluding tert-OH is 1. The third-order valence-corrected chi connectivity index (χ3v) is 5.35. The lowest BCUT2D eigenvalue weighted by molar-refractivity contribution is 0.150. The number of thioether (sulfide) groups is 1. The Morgan fingerprint density at radius 3 is 2.90 bits per heavy atom. The molecule has 0 saturated heterocycles. The number of hydrogen-bond donors (Lipinski definition) is 1. The van der Waals surface area contributed by atoms with Crippen molar-refractivity contribution in [3.05, 3.63) is 63.9 Å². The van der Waals surface area contributed by atoms with Gasteiger partial charge in [0.1, 0.15) is 5.82 Å². The first kappa shape index (κ1) is 14.1. The molecule has 0 bridgehead atoms. The molecule has 1 aliphatic heterocycles. The number of halogens is 2. The Hall–Kier alpha value is -0.840. The molecule has 2 atom stereocenters. The second-order valence-electron chi connectivity index (χ2n) is 4.96. The molecule has 20 heavy (non-hydrogen) atoms. The summed E-state index contributed by atoms with van der Waals surface area (Å²) >= 11 is 5.00. The molecule has 0 spiro atoms. The first-order valence-electron chi connectivity index (χ1n) is 6.49. The van der Waals surface area contributed by atoms with E-state index in [0.29, 0.717) is 12.0 Å². The van der Waals surface area contributed by atoms with Crippen molar-refractivity contribution in [1.82, 2.24) is 0 Å². The Labute approximate surface area is 130 Å². The van der Waals surface area contributed by atoms with Gasteiger partial charge in [0.2, 0.25) is 0 Å². The maximum absolute atomic E-state index is 13.8. The van der Waals surface area contributed by atoms with Crippen LogP contribution in [0.5, 0.6) is 0 Å². The predicted molar refractivity (Wildman–Crippen MR) is 83.7 cm³/mol. The predicted octanol–water partition coefficient (Wildman–Crippen LogP) is 4.38. The van der Waals surface area contributed by atoms with Crippen LogP contribution in [0.4, 0.5) is 4.39 Å². The minimum absolute atomic E-state index is 0.0826. The quantitative estimate of drug-likeness (QED) is 0.884. The molecule has 0 saturated carbocycles. The van der Waals surface area contributed by atoms with E-state index in [1.54, 1.807) is 17.8 Å². The average Bonchev–Trinajstić information content (AvgIpc) is 2.86. The standard InChI is InChI=1S/C16H14BrFOS/c17-11-6-5-10(14(18)8-11)7-15(19)13-9-20-16-4-2-1-3-12(13)16/h1-6,8,13,15,19H,7,9H2. The largest absolute Gasteiger partial charge is 0.392 e. The highest BCUT2D eigenvalue weighted by Crippen LogP contribution is 2.41. The van der Waals surface area contributed by atoms with Crippen molar-refractivity contribution in [1.29, 1.82) is 0 Å². The van der Waals surface area contributed by atoms with Gasteiger partial charge >= 0.3 is 0 Å². The Morgan fingerprint density at radius 2 is 2.10 bits per heavy atom. The summed E-state index contributed by atoms with van der Waals surface area (Å²) in [6, 6.07) is 13.1. The van der Waals surface area contributed by atoms with E-state index in [0.717, 1.165) is 10.2 Å². The van der Waals surface area contributed by atoms with Gasteiger partial charge in [-0.2, -0.15) is 0 Å². The number of rotatable bonds is 3. The van der Waals surface area contributed by atoms with Crippen molar-refractivity contribution in [3.8, 4) is 0 Å². The summed E-state index contributed by atoms with van der Waals surface area (Å²) in [4.78, 5) is 1.23. The van der Waals surface area contributed by atoms with E-state index >= 15 is 0 Å². The topological polar surface area (TPSA) is 20.2 Å². The van der Waals surface area contributed by atoms with Gasteiger partial charge in [-0.1, -0.05) is 40.2 Å². The first-order valence-corrected chi connectivity index (χ1v) is 8.27. The Balaban J connectivity index is 1.79. The fraction of sp³-hybridized carbons (Fsp3) is 0.250. The molecule has 3 rings (SSSR count). The monoisotopic (exact) mass is 352 g/mol. The minimum Gasteiger partial charge on any atom is -0.392 e. The molecule has 0 amide bonds. The lowest BCUT2D eigenvalue weighted by Gasteiger charge is -2.19. The van der Waals surface area contributed by atoms with Crippen molar-refractivity contribution in [2.24, 2.45) is 0 Å². The van der Waals surface area contributed by atoms with E-state index in [4.69, 9.17) is 0 Å². The fourth-order valence-corrected chi connectivity index (χ4v) is 4.22. The van der Waals surface area contributed by atoms with Crippen molar-refractivity contribution in [2.75, 3.05) is 5.75 Å². The molecule has 2 unspecified atom stereocenters. The Kier molecular flexibility index (Phi) is 4.15. The summed E-state index contributed by atoms with van der Waals surface area (Å²) in [5.74, 6) is 0.676. The van der Waals surface area contributed by atoms with Crippen LogP contribution >= 0.6 is 27.7 Å². The smallest absolute Gasteiger partial charge is 0.127 e. The Morgan fingerprint density at radius 1 is 1.30 bits per heavy atom. The molecular weight excluding hydrogens is 339 g/mol. The maximum Gasteiger partial charge on any atom is 0.127 e. The van der Waals surface area contributed by atoms with E-state index < -0.39 is 6.10 Å². The van der Waals surface area contributed by atoms with Gasteiger partial charge in [0.05, 0.1) is 6.10 Å². The van der Waals surface area contributed by atoms with Crippen molar-refractivity contribution >= 4 is 27.7 Å². The molecule has 4 heteroatoms. The lowest BCUT2D eigenvalue weighted by Crippen LogP contribution is -2.21. The van der Waals surface area contributed by atoms with Gasteiger partial charge in [0, 0.05) is 27.5 Å². The third-order valence-electron chi connectivity index (χ3n) is 3.65. The SMILES string of the molecule is OC(Cc1ccc(Br)cc1F)C1CSc2ccccc21. The molecule has 1 nitrogen and oxygen atoms in total. The zero-order valence-electron chi connectivity index (χ0n) is 10.7. The van der Waals surface area contributed by atoms with Gasteiger partial charge in [0.25, 0.3) is 0 Å². The summed E-state index contributed by atoms with van der Waals surface area (Å²) in [5.41, 5.74) is 1.75. The van der Waals surface area contributed by atoms with Crippen LogP contribution < -0.4 is 0 Å². The van der Waals surface area contributed by atoms with Crippen molar-refractivity contribution < 1.29 is 9.50 Å². The summed E-state index contributed by atoms with van der Waals surface area (Å²) < 4.78 is 14.6. The molecule has 0 radical (unpaired) electrons. The molecule has 2 aromatic rings.